The Hall–Kier alpha value is -2.00. The molecule has 1 aliphatic heterocycles. The predicted octanol–water partition coefficient (Wildman–Crippen LogP) is 0.263. The maximum absolute atomic E-state index is 11.5. The van der Waals surface area contributed by atoms with Crippen LogP contribution in [0.5, 0.6) is 0 Å². The van der Waals surface area contributed by atoms with Gasteiger partial charge in [-0.1, -0.05) is 5.16 Å². The zero-order chi connectivity index (χ0) is 17.5. The molecule has 1 aromatic rings. The van der Waals surface area contributed by atoms with Gasteiger partial charge in [-0.15, -0.1) is 0 Å². The van der Waals surface area contributed by atoms with E-state index in [4.69, 9.17) is 19.2 Å². The normalized spacial score (nSPS) is 25.6. The lowest BCUT2D eigenvalue weighted by atomic mass is 9.89. The number of piperidine rings is 1. The molecular weight excluding hydrogens is 316 g/mol. The molecule has 1 aromatic heterocycles. The molecule has 0 aromatic carbocycles. The van der Waals surface area contributed by atoms with Gasteiger partial charge in [0.2, 0.25) is 11.8 Å². The van der Waals surface area contributed by atoms with Crippen LogP contribution in [-0.2, 0) is 27.5 Å². The largest absolute Gasteiger partial charge is 0.483 e. The summed E-state index contributed by atoms with van der Waals surface area (Å²) in [4.78, 5) is 26.4. The van der Waals surface area contributed by atoms with E-state index in [9.17, 15) is 4.79 Å². The number of hydrogen-bond donors (Lipinski definition) is 2. The van der Waals surface area contributed by atoms with E-state index in [-0.39, 0.29) is 12.4 Å². The van der Waals surface area contributed by atoms with Crippen molar-refractivity contribution < 1.29 is 24.0 Å². The summed E-state index contributed by atoms with van der Waals surface area (Å²) in [5, 5.41) is 13.7. The minimum absolute atomic E-state index is 0.195. The Morgan fingerprint density at radius 1 is 1.46 bits per heavy atom. The number of carbonyl (C=O) groups is 2. The molecule has 3 rings (SSSR count). The summed E-state index contributed by atoms with van der Waals surface area (Å²) in [7, 11) is 3.69. The maximum Gasteiger partial charge on any atom is 0.290 e. The highest BCUT2D eigenvalue weighted by Crippen LogP contribution is 2.38. The first-order valence-corrected chi connectivity index (χ1v) is 7.92. The summed E-state index contributed by atoms with van der Waals surface area (Å²) in [5.74, 6) is 2.53. The van der Waals surface area contributed by atoms with Crippen molar-refractivity contribution in [1.82, 2.24) is 20.4 Å². The topological polar surface area (TPSA) is 118 Å². The third-order valence-electron chi connectivity index (χ3n) is 4.62. The number of methoxy groups -OCH3 is 1. The third-order valence-corrected chi connectivity index (χ3v) is 4.62. The maximum atomic E-state index is 11.5. The van der Waals surface area contributed by atoms with Gasteiger partial charge in [0.05, 0.1) is 6.54 Å². The van der Waals surface area contributed by atoms with Crippen LogP contribution < -0.4 is 5.32 Å². The van der Waals surface area contributed by atoms with Crippen molar-refractivity contribution in [2.45, 2.75) is 38.5 Å². The van der Waals surface area contributed by atoms with Gasteiger partial charge in [-0.3, -0.25) is 14.5 Å². The number of amides is 1. The number of nitrogens with zero attached hydrogens (tertiary/aromatic N) is 3. The van der Waals surface area contributed by atoms with Crippen molar-refractivity contribution >= 4 is 12.4 Å². The van der Waals surface area contributed by atoms with Gasteiger partial charge in [0, 0.05) is 26.1 Å². The van der Waals surface area contributed by atoms with Gasteiger partial charge in [0.1, 0.15) is 6.61 Å². The molecule has 0 radical (unpaired) electrons. The van der Waals surface area contributed by atoms with Crippen molar-refractivity contribution in [3.05, 3.63) is 11.7 Å². The van der Waals surface area contributed by atoms with Crippen molar-refractivity contribution in [3.63, 3.8) is 0 Å². The summed E-state index contributed by atoms with van der Waals surface area (Å²) in [5.41, 5.74) is 0. The van der Waals surface area contributed by atoms with Crippen LogP contribution in [0.3, 0.4) is 0 Å². The van der Waals surface area contributed by atoms with Gasteiger partial charge >= 0.3 is 0 Å². The molecule has 0 unspecified atom stereocenters. The predicted molar refractivity (Wildman–Crippen MR) is 82.8 cm³/mol. The van der Waals surface area contributed by atoms with Crippen LogP contribution in [0.25, 0.3) is 0 Å². The molecule has 2 fully saturated rings. The van der Waals surface area contributed by atoms with Crippen molar-refractivity contribution in [1.29, 1.82) is 0 Å². The second kappa shape index (κ2) is 8.74. The number of hydrogen-bond acceptors (Lipinski definition) is 7. The van der Waals surface area contributed by atoms with E-state index in [0.717, 1.165) is 19.4 Å². The Kier molecular flexibility index (Phi) is 6.68. The first-order valence-electron chi connectivity index (χ1n) is 7.92. The first kappa shape index (κ1) is 18.3. The molecule has 9 nitrogen and oxygen atoms in total. The van der Waals surface area contributed by atoms with E-state index < -0.39 is 0 Å². The van der Waals surface area contributed by atoms with E-state index in [2.05, 4.69) is 27.4 Å². The van der Waals surface area contributed by atoms with Crippen LogP contribution in [0.4, 0.5) is 0 Å². The number of carbonyl (C=O) groups excluding carboxylic acids is 1. The molecule has 134 valence electrons. The standard InChI is InChI=1S/C14H22N4O3.CH2O2/c1-18(7-14-16-12(8-20-2)17-21-14)11-3-9-5-13(19)15-6-10(9)4-11;2-1-3/h9-11H,3-8H2,1-2H3,(H,15,19);1H,(H,2,3)/t9-,10+,11-;/m0./s1. The lowest BCUT2D eigenvalue weighted by molar-refractivity contribution is -0.124. The number of aromatic nitrogens is 2. The molecule has 1 aliphatic carbocycles. The van der Waals surface area contributed by atoms with Crippen LogP contribution >= 0.6 is 0 Å². The average Bonchev–Trinajstić information content (AvgIpc) is 3.14. The summed E-state index contributed by atoms with van der Waals surface area (Å²) in [6.07, 6.45) is 2.88. The summed E-state index contributed by atoms with van der Waals surface area (Å²) in [6, 6.07) is 0.477. The quantitative estimate of drug-likeness (QED) is 0.733. The Labute approximate surface area is 140 Å². The molecule has 2 N–H and O–H groups in total. The number of rotatable bonds is 5. The summed E-state index contributed by atoms with van der Waals surface area (Å²) < 4.78 is 10.2. The molecule has 1 saturated carbocycles. The fourth-order valence-electron chi connectivity index (χ4n) is 3.48. The van der Waals surface area contributed by atoms with Crippen LogP contribution in [0.15, 0.2) is 4.52 Å². The number of nitrogens with one attached hydrogen (secondary N) is 1. The third kappa shape index (κ3) is 4.75. The van der Waals surface area contributed by atoms with E-state index in [1.165, 1.54) is 0 Å². The second-order valence-corrected chi connectivity index (χ2v) is 6.21. The highest BCUT2D eigenvalue weighted by atomic mass is 16.5. The fraction of sp³-hybridized carbons (Fsp3) is 0.733. The molecular formula is C15H24N4O5. The molecule has 1 amide bonds. The molecule has 0 bridgehead atoms. The van der Waals surface area contributed by atoms with Crippen LogP contribution in [0.1, 0.15) is 31.0 Å². The van der Waals surface area contributed by atoms with E-state index >= 15 is 0 Å². The summed E-state index contributed by atoms with van der Waals surface area (Å²) >= 11 is 0. The van der Waals surface area contributed by atoms with Gasteiger partial charge in [-0.2, -0.15) is 4.98 Å². The van der Waals surface area contributed by atoms with Crippen molar-refractivity contribution in [2.75, 3.05) is 20.7 Å². The number of fused-ring (bicyclic) bond motifs is 1. The van der Waals surface area contributed by atoms with Crippen LogP contribution in [0.2, 0.25) is 0 Å². The average molecular weight is 340 g/mol. The Bertz CT molecular complexity index is 550. The second-order valence-electron chi connectivity index (χ2n) is 6.21. The minimum atomic E-state index is -0.250. The lowest BCUT2D eigenvalue weighted by Crippen LogP contribution is -2.38. The number of ether oxygens (including phenoxy) is 1. The molecule has 2 aliphatic rings. The first-order chi connectivity index (χ1) is 11.6. The van der Waals surface area contributed by atoms with Gasteiger partial charge in [0.15, 0.2) is 5.82 Å². The monoisotopic (exact) mass is 340 g/mol. The Morgan fingerprint density at radius 2 is 2.17 bits per heavy atom. The Morgan fingerprint density at radius 3 is 2.88 bits per heavy atom. The van der Waals surface area contributed by atoms with E-state index in [0.29, 0.717) is 49.2 Å². The lowest BCUT2D eigenvalue weighted by Gasteiger charge is -2.24. The highest BCUT2D eigenvalue weighted by molar-refractivity contribution is 5.77. The summed E-state index contributed by atoms with van der Waals surface area (Å²) in [6.45, 7) is 1.59. The zero-order valence-corrected chi connectivity index (χ0v) is 14.0. The van der Waals surface area contributed by atoms with E-state index in [1.54, 1.807) is 7.11 Å². The highest BCUT2D eigenvalue weighted by Gasteiger charge is 2.39. The van der Waals surface area contributed by atoms with E-state index in [1.807, 2.05) is 0 Å². The Balaban J connectivity index is 0.000000647. The van der Waals surface area contributed by atoms with Crippen molar-refractivity contribution in [3.8, 4) is 0 Å². The molecule has 24 heavy (non-hydrogen) atoms. The molecule has 9 heteroatoms. The number of carboxylic acid groups (broad SMARTS) is 1. The van der Waals surface area contributed by atoms with Gasteiger partial charge in [-0.25, -0.2) is 0 Å². The fourth-order valence-corrected chi connectivity index (χ4v) is 3.48. The smallest absolute Gasteiger partial charge is 0.290 e. The van der Waals surface area contributed by atoms with Gasteiger partial charge in [-0.05, 0) is 31.7 Å². The molecule has 2 heterocycles. The van der Waals surface area contributed by atoms with Gasteiger partial charge < -0.3 is 19.7 Å². The molecule has 1 saturated heterocycles. The van der Waals surface area contributed by atoms with Gasteiger partial charge in [0.25, 0.3) is 6.47 Å². The zero-order valence-electron chi connectivity index (χ0n) is 14.0. The SMILES string of the molecule is COCc1noc(CN(C)[C@H]2C[C@H]3CC(=O)NC[C@H]3C2)n1.O=CO. The van der Waals surface area contributed by atoms with Crippen molar-refractivity contribution in [2.24, 2.45) is 11.8 Å². The molecule has 0 spiro atoms. The van der Waals surface area contributed by atoms with Crippen LogP contribution in [-0.4, -0.2) is 59.3 Å². The van der Waals surface area contributed by atoms with Crippen LogP contribution in [0, 0.1) is 11.8 Å². The minimum Gasteiger partial charge on any atom is -0.483 e. The molecule has 3 atom stereocenters.